The van der Waals surface area contributed by atoms with Crippen molar-refractivity contribution < 1.29 is 33.0 Å². The van der Waals surface area contributed by atoms with Crippen LogP contribution in [-0.2, 0) is 16.1 Å². The highest BCUT2D eigenvalue weighted by atomic mass is 19.1. The van der Waals surface area contributed by atoms with Crippen LogP contribution in [0.15, 0.2) is 40.8 Å². The lowest BCUT2D eigenvalue weighted by Crippen LogP contribution is -2.43. The Morgan fingerprint density at radius 3 is 2.58 bits per heavy atom. The molecule has 0 bridgehead atoms. The van der Waals surface area contributed by atoms with Gasteiger partial charge in [0.1, 0.15) is 23.9 Å². The summed E-state index contributed by atoms with van der Waals surface area (Å²) in [4.78, 5) is 22.9. The number of halogens is 1. The fourth-order valence-corrected chi connectivity index (χ4v) is 1.83. The lowest BCUT2D eigenvalue weighted by Gasteiger charge is -2.12. The van der Waals surface area contributed by atoms with Gasteiger partial charge in [0.2, 0.25) is 0 Å². The zero-order valence-electron chi connectivity index (χ0n) is 12.8. The van der Waals surface area contributed by atoms with Crippen molar-refractivity contribution in [2.75, 3.05) is 13.7 Å². The number of aliphatic carboxylic acids is 1. The number of ether oxygens (including phenoxy) is 2. The minimum Gasteiger partial charge on any atom is -0.486 e. The summed E-state index contributed by atoms with van der Waals surface area (Å²) in [7, 11) is 1.33. The second-order valence-electron chi connectivity index (χ2n) is 4.83. The van der Waals surface area contributed by atoms with Crippen LogP contribution in [-0.4, -0.2) is 36.7 Å². The van der Waals surface area contributed by atoms with Crippen LogP contribution < -0.4 is 10.1 Å². The zero-order valence-corrected chi connectivity index (χ0v) is 12.8. The van der Waals surface area contributed by atoms with Crippen molar-refractivity contribution in [2.24, 2.45) is 0 Å². The van der Waals surface area contributed by atoms with Gasteiger partial charge in [0, 0.05) is 7.11 Å². The summed E-state index contributed by atoms with van der Waals surface area (Å²) in [5.74, 6) is -1.49. The van der Waals surface area contributed by atoms with Gasteiger partial charge in [0.25, 0.3) is 5.91 Å². The van der Waals surface area contributed by atoms with E-state index in [-0.39, 0.29) is 24.8 Å². The third-order valence-corrected chi connectivity index (χ3v) is 3.02. The fraction of sp³-hybridized carbons (Fsp3) is 0.250. The number of carbonyl (C=O) groups excluding carboxylic acids is 1. The highest BCUT2D eigenvalue weighted by Gasteiger charge is 2.22. The Bertz CT molecular complexity index is 697. The van der Waals surface area contributed by atoms with Crippen LogP contribution in [0.3, 0.4) is 0 Å². The van der Waals surface area contributed by atoms with Crippen LogP contribution in [0, 0.1) is 5.82 Å². The third kappa shape index (κ3) is 4.82. The van der Waals surface area contributed by atoms with Crippen LogP contribution in [0.4, 0.5) is 4.39 Å². The predicted molar refractivity (Wildman–Crippen MR) is 80.2 cm³/mol. The summed E-state index contributed by atoms with van der Waals surface area (Å²) in [5, 5.41) is 11.3. The summed E-state index contributed by atoms with van der Waals surface area (Å²) in [6.45, 7) is -0.123. The molecule has 0 aliphatic heterocycles. The Morgan fingerprint density at radius 2 is 1.96 bits per heavy atom. The van der Waals surface area contributed by atoms with E-state index < -0.39 is 17.9 Å². The maximum absolute atomic E-state index is 12.8. The van der Waals surface area contributed by atoms with Crippen molar-refractivity contribution >= 4 is 11.9 Å². The standard InChI is InChI=1S/C16H16FNO6/c1-22-9-13(16(20)21)18-15(19)14-7-6-12(24-14)8-23-11-4-2-10(17)3-5-11/h2-7,13H,8-9H2,1H3,(H,18,19)(H,20,21). The van der Waals surface area contributed by atoms with Gasteiger partial charge < -0.3 is 24.3 Å². The van der Waals surface area contributed by atoms with E-state index in [2.05, 4.69) is 5.32 Å². The minimum atomic E-state index is -1.21. The number of methoxy groups -OCH3 is 1. The molecule has 2 aromatic rings. The molecule has 0 aliphatic rings. The summed E-state index contributed by atoms with van der Waals surface area (Å²) in [5.41, 5.74) is 0. The molecule has 2 rings (SSSR count). The number of furan rings is 1. The van der Waals surface area contributed by atoms with Crippen LogP contribution in [0.1, 0.15) is 16.3 Å². The number of amides is 1. The molecule has 1 amide bonds. The Labute approximate surface area is 137 Å². The van der Waals surface area contributed by atoms with E-state index in [4.69, 9.17) is 19.0 Å². The van der Waals surface area contributed by atoms with E-state index in [0.29, 0.717) is 11.5 Å². The fourth-order valence-electron chi connectivity index (χ4n) is 1.83. The maximum Gasteiger partial charge on any atom is 0.328 e. The number of rotatable bonds is 8. The molecule has 1 aromatic heterocycles. The molecule has 7 nitrogen and oxygen atoms in total. The van der Waals surface area contributed by atoms with Crippen LogP contribution in [0.25, 0.3) is 0 Å². The van der Waals surface area contributed by atoms with Gasteiger partial charge in [0.15, 0.2) is 11.8 Å². The molecule has 0 fully saturated rings. The Hall–Kier alpha value is -2.87. The molecule has 2 N–H and O–H groups in total. The average molecular weight is 337 g/mol. The molecule has 1 heterocycles. The molecule has 0 spiro atoms. The minimum absolute atomic E-state index is 0.0410. The first-order valence-corrected chi connectivity index (χ1v) is 6.99. The number of hydrogen-bond donors (Lipinski definition) is 2. The summed E-state index contributed by atoms with van der Waals surface area (Å²) < 4.78 is 28.2. The second kappa shape index (κ2) is 8.11. The highest BCUT2D eigenvalue weighted by molar-refractivity contribution is 5.94. The molecule has 128 valence electrons. The van der Waals surface area contributed by atoms with Crippen LogP contribution in [0.2, 0.25) is 0 Å². The Morgan fingerprint density at radius 1 is 1.25 bits per heavy atom. The van der Waals surface area contributed by atoms with E-state index in [1.54, 1.807) is 0 Å². The smallest absolute Gasteiger partial charge is 0.328 e. The Kier molecular flexibility index (Phi) is 5.91. The normalized spacial score (nSPS) is 11.8. The summed E-state index contributed by atoms with van der Waals surface area (Å²) in [6, 6.07) is 7.22. The number of carboxylic acid groups (broad SMARTS) is 1. The first kappa shape index (κ1) is 17.5. The first-order chi connectivity index (χ1) is 11.5. The molecular weight excluding hydrogens is 321 g/mol. The van der Waals surface area contributed by atoms with Crippen LogP contribution in [0.5, 0.6) is 5.75 Å². The number of carbonyl (C=O) groups is 2. The zero-order chi connectivity index (χ0) is 17.5. The molecule has 1 unspecified atom stereocenters. The largest absolute Gasteiger partial charge is 0.486 e. The maximum atomic E-state index is 12.8. The van der Waals surface area contributed by atoms with Crippen molar-refractivity contribution in [1.29, 1.82) is 0 Å². The molecule has 24 heavy (non-hydrogen) atoms. The van der Waals surface area contributed by atoms with E-state index in [1.165, 1.54) is 43.5 Å². The van der Waals surface area contributed by atoms with Crippen molar-refractivity contribution in [3.8, 4) is 5.75 Å². The lowest BCUT2D eigenvalue weighted by molar-refractivity contribution is -0.140. The second-order valence-corrected chi connectivity index (χ2v) is 4.83. The van der Waals surface area contributed by atoms with Crippen molar-refractivity contribution in [3.05, 3.63) is 53.7 Å². The quantitative estimate of drug-likeness (QED) is 0.762. The molecule has 8 heteroatoms. The third-order valence-electron chi connectivity index (χ3n) is 3.02. The monoisotopic (exact) mass is 337 g/mol. The van der Waals surface area contributed by atoms with Crippen LogP contribution >= 0.6 is 0 Å². The number of benzene rings is 1. The predicted octanol–water partition coefficient (Wildman–Crippen LogP) is 1.83. The van der Waals surface area contributed by atoms with E-state index in [9.17, 15) is 14.0 Å². The lowest BCUT2D eigenvalue weighted by atomic mass is 10.3. The topological polar surface area (TPSA) is 98.0 Å². The van der Waals surface area contributed by atoms with Crippen molar-refractivity contribution in [3.63, 3.8) is 0 Å². The van der Waals surface area contributed by atoms with Gasteiger partial charge in [-0.3, -0.25) is 4.79 Å². The van der Waals surface area contributed by atoms with Gasteiger partial charge in [-0.2, -0.15) is 0 Å². The Balaban J connectivity index is 1.93. The van der Waals surface area contributed by atoms with Gasteiger partial charge >= 0.3 is 5.97 Å². The van der Waals surface area contributed by atoms with Crippen molar-refractivity contribution in [1.82, 2.24) is 5.32 Å². The number of hydrogen-bond acceptors (Lipinski definition) is 5. The average Bonchev–Trinajstić information content (AvgIpc) is 3.03. The summed E-state index contributed by atoms with van der Waals surface area (Å²) >= 11 is 0. The van der Waals surface area contributed by atoms with Crippen molar-refractivity contribution in [2.45, 2.75) is 12.6 Å². The molecule has 0 aliphatic carbocycles. The van der Waals surface area contributed by atoms with E-state index >= 15 is 0 Å². The summed E-state index contributed by atoms with van der Waals surface area (Å²) in [6.07, 6.45) is 0. The highest BCUT2D eigenvalue weighted by Crippen LogP contribution is 2.15. The van der Waals surface area contributed by atoms with E-state index in [1.807, 2.05) is 0 Å². The molecule has 0 saturated heterocycles. The van der Waals surface area contributed by atoms with Gasteiger partial charge in [-0.25, -0.2) is 9.18 Å². The molecular formula is C16H16FNO6. The van der Waals surface area contributed by atoms with Gasteiger partial charge in [-0.1, -0.05) is 0 Å². The number of nitrogens with one attached hydrogen (secondary N) is 1. The molecule has 0 radical (unpaired) electrons. The molecule has 0 saturated carbocycles. The SMILES string of the molecule is COCC(NC(=O)c1ccc(COc2ccc(F)cc2)o1)C(=O)O. The molecule has 1 atom stereocenters. The van der Waals surface area contributed by atoms with Gasteiger partial charge in [0.05, 0.1) is 6.61 Å². The van der Waals surface area contributed by atoms with Gasteiger partial charge in [-0.15, -0.1) is 0 Å². The first-order valence-electron chi connectivity index (χ1n) is 6.99. The van der Waals surface area contributed by atoms with E-state index in [0.717, 1.165) is 0 Å². The number of carboxylic acids is 1. The molecule has 1 aromatic carbocycles. The van der Waals surface area contributed by atoms with Gasteiger partial charge in [-0.05, 0) is 36.4 Å².